The third-order valence-corrected chi connectivity index (χ3v) is 2.38. The topological polar surface area (TPSA) is 25.4 Å². The molecule has 0 bridgehead atoms. The summed E-state index contributed by atoms with van der Waals surface area (Å²) in [6.45, 7) is 6.20. The summed E-state index contributed by atoms with van der Waals surface area (Å²) < 4.78 is 5.44. The predicted octanol–water partition coefficient (Wildman–Crippen LogP) is 3.01. The minimum atomic E-state index is 0.646. The third kappa shape index (κ3) is 5.64. The molecule has 0 aliphatic carbocycles. The molecule has 0 aliphatic rings. The monoisotopic (exact) mass is 246 g/mol. The van der Waals surface area contributed by atoms with Gasteiger partial charge in [0.15, 0.2) is 0 Å². The van der Waals surface area contributed by atoms with E-state index >= 15 is 0 Å². The zero-order valence-electron chi connectivity index (χ0n) is 11.5. The highest BCUT2D eigenvalue weighted by atomic mass is 16.5. The van der Waals surface area contributed by atoms with Crippen LogP contribution in [0.2, 0.25) is 0 Å². The van der Waals surface area contributed by atoms with E-state index in [1.54, 1.807) is 0 Å². The fourth-order valence-corrected chi connectivity index (χ4v) is 1.64. The van der Waals surface area contributed by atoms with Crippen molar-refractivity contribution in [2.45, 2.75) is 20.4 Å². The molecule has 0 radical (unpaired) electrons. The van der Waals surface area contributed by atoms with Gasteiger partial charge in [-0.3, -0.25) is 4.98 Å². The summed E-state index contributed by atoms with van der Waals surface area (Å²) in [4.78, 5) is 6.44. The van der Waals surface area contributed by atoms with Gasteiger partial charge in [-0.1, -0.05) is 18.2 Å². The zero-order chi connectivity index (χ0) is 13.2. The van der Waals surface area contributed by atoms with E-state index in [4.69, 9.17) is 4.74 Å². The number of nitrogens with zero attached hydrogens (tertiary/aromatic N) is 2. The Morgan fingerprint density at radius 3 is 2.89 bits per heavy atom. The molecule has 3 nitrogen and oxygen atoms in total. The van der Waals surface area contributed by atoms with Gasteiger partial charge in [0.1, 0.15) is 0 Å². The predicted molar refractivity (Wildman–Crippen MR) is 75.1 cm³/mol. The lowest BCUT2D eigenvalue weighted by Crippen LogP contribution is -2.13. The first-order chi connectivity index (χ1) is 8.76. The summed E-state index contributed by atoms with van der Waals surface area (Å²) in [5.74, 6) is 0. The van der Waals surface area contributed by atoms with Crippen LogP contribution in [-0.2, 0) is 11.3 Å². The van der Waals surface area contributed by atoms with Crippen molar-refractivity contribution in [2.24, 2.45) is 0 Å². The molecule has 0 spiro atoms. The molecule has 1 rings (SSSR count). The molecular formula is C15H22N2O. The molecular weight excluding hydrogens is 224 g/mol. The Bertz CT molecular complexity index is 385. The van der Waals surface area contributed by atoms with E-state index in [9.17, 15) is 0 Å². The summed E-state index contributed by atoms with van der Waals surface area (Å²) in [5, 5.41) is 0. The molecule has 0 fully saturated rings. The largest absolute Gasteiger partial charge is 0.377 e. The van der Waals surface area contributed by atoms with Crippen molar-refractivity contribution in [3.05, 3.63) is 54.0 Å². The van der Waals surface area contributed by atoms with Gasteiger partial charge in [0.05, 0.1) is 18.8 Å². The molecule has 1 aromatic heterocycles. The van der Waals surface area contributed by atoms with Crippen molar-refractivity contribution in [3.8, 4) is 0 Å². The highest BCUT2D eigenvalue weighted by molar-refractivity contribution is 5.18. The number of allylic oxidation sites excluding steroid dienone is 1. The molecule has 18 heavy (non-hydrogen) atoms. The minimum absolute atomic E-state index is 0.646. The van der Waals surface area contributed by atoms with E-state index in [1.165, 1.54) is 0 Å². The fraction of sp³-hybridized carbons (Fsp3) is 0.400. The number of hydrogen-bond acceptors (Lipinski definition) is 3. The number of aromatic nitrogens is 1. The molecule has 0 amide bonds. The van der Waals surface area contributed by atoms with Crippen molar-refractivity contribution in [1.82, 2.24) is 9.88 Å². The van der Waals surface area contributed by atoms with E-state index in [2.05, 4.69) is 22.2 Å². The second kappa shape index (κ2) is 8.48. The summed E-state index contributed by atoms with van der Waals surface area (Å²) in [6.07, 6.45) is 8.02. The average Bonchev–Trinajstić information content (AvgIpc) is 2.37. The van der Waals surface area contributed by atoms with E-state index in [0.29, 0.717) is 6.61 Å². The lowest BCUT2D eigenvalue weighted by atomic mass is 10.2. The average molecular weight is 246 g/mol. The van der Waals surface area contributed by atoms with Crippen LogP contribution in [-0.4, -0.2) is 30.1 Å². The van der Waals surface area contributed by atoms with Crippen LogP contribution >= 0.6 is 0 Å². The zero-order valence-corrected chi connectivity index (χ0v) is 11.5. The first-order valence-electron chi connectivity index (χ1n) is 6.27. The second-order valence-corrected chi connectivity index (χ2v) is 4.08. The van der Waals surface area contributed by atoms with Crippen molar-refractivity contribution in [2.75, 3.05) is 20.3 Å². The van der Waals surface area contributed by atoms with Crippen LogP contribution in [0.25, 0.3) is 0 Å². The third-order valence-electron chi connectivity index (χ3n) is 2.38. The van der Waals surface area contributed by atoms with Crippen molar-refractivity contribution in [3.63, 3.8) is 0 Å². The van der Waals surface area contributed by atoms with Crippen LogP contribution in [0.5, 0.6) is 0 Å². The minimum Gasteiger partial charge on any atom is -0.377 e. The van der Waals surface area contributed by atoms with E-state index < -0.39 is 0 Å². The van der Waals surface area contributed by atoms with Gasteiger partial charge in [0.25, 0.3) is 0 Å². The van der Waals surface area contributed by atoms with Gasteiger partial charge in [0.2, 0.25) is 0 Å². The molecule has 0 N–H and O–H groups in total. The summed E-state index contributed by atoms with van der Waals surface area (Å²) in [6, 6.07) is 5.97. The Balaban J connectivity index is 2.60. The molecule has 0 saturated carbocycles. The highest BCUT2D eigenvalue weighted by Gasteiger charge is 1.99. The van der Waals surface area contributed by atoms with Gasteiger partial charge in [-0.25, -0.2) is 0 Å². The van der Waals surface area contributed by atoms with Gasteiger partial charge in [-0.2, -0.15) is 0 Å². The second-order valence-electron chi connectivity index (χ2n) is 4.08. The first-order valence-corrected chi connectivity index (χ1v) is 6.27. The van der Waals surface area contributed by atoms with Crippen LogP contribution in [0, 0.1) is 0 Å². The molecule has 3 heteroatoms. The smallest absolute Gasteiger partial charge is 0.0730 e. The van der Waals surface area contributed by atoms with Gasteiger partial charge < -0.3 is 9.64 Å². The van der Waals surface area contributed by atoms with Crippen LogP contribution < -0.4 is 0 Å². The van der Waals surface area contributed by atoms with Gasteiger partial charge in [-0.05, 0) is 31.6 Å². The molecule has 1 aromatic rings. The quantitative estimate of drug-likeness (QED) is 0.692. The summed E-state index contributed by atoms with van der Waals surface area (Å²) in [7, 11) is 2.05. The Morgan fingerprint density at radius 2 is 2.28 bits per heavy atom. The number of rotatable bonds is 7. The highest BCUT2D eigenvalue weighted by Crippen LogP contribution is 2.04. The Kier molecular flexibility index (Phi) is 6.81. The van der Waals surface area contributed by atoms with Gasteiger partial charge in [0, 0.05) is 26.1 Å². The van der Waals surface area contributed by atoms with E-state index in [1.807, 2.05) is 51.4 Å². The van der Waals surface area contributed by atoms with Gasteiger partial charge in [-0.15, -0.1) is 0 Å². The number of hydrogen-bond donors (Lipinski definition) is 0. The fourth-order valence-electron chi connectivity index (χ4n) is 1.64. The molecule has 98 valence electrons. The Labute approximate surface area is 110 Å². The molecule has 0 saturated heterocycles. The molecule has 0 aliphatic heterocycles. The molecule has 0 unspecified atom stereocenters. The van der Waals surface area contributed by atoms with Crippen molar-refractivity contribution in [1.29, 1.82) is 0 Å². The van der Waals surface area contributed by atoms with Crippen LogP contribution in [0.4, 0.5) is 0 Å². The van der Waals surface area contributed by atoms with Crippen LogP contribution in [0.15, 0.2) is 48.3 Å². The van der Waals surface area contributed by atoms with Crippen LogP contribution in [0.3, 0.4) is 0 Å². The number of ether oxygens (including phenoxy) is 1. The normalized spacial score (nSPS) is 12.1. The first kappa shape index (κ1) is 14.5. The van der Waals surface area contributed by atoms with Crippen LogP contribution in [0.1, 0.15) is 19.5 Å². The Morgan fingerprint density at radius 1 is 1.44 bits per heavy atom. The van der Waals surface area contributed by atoms with Crippen molar-refractivity contribution < 1.29 is 4.74 Å². The lowest BCUT2D eigenvalue weighted by Gasteiger charge is -2.15. The summed E-state index contributed by atoms with van der Waals surface area (Å²) in [5.41, 5.74) is 2.23. The number of pyridine rings is 1. The molecule has 0 aromatic carbocycles. The lowest BCUT2D eigenvalue weighted by molar-refractivity contribution is 0.171. The maximum Gasteiger partial charge on any atom is 0.0730 e. The maximum absolute atomic E-state index is 5.44. The van der Waals surface area contributed by atoms with Gasteiger partial charge >= 0.3 is 0 Å². The van der Waals surface area contributed by atoms with E-state index in [0.717, 1.165) is 24.4 Å². The molecule has 0 atom stereocenters. The summed E-state index contributed by atoms with van der Waals surface area (Å²) >= 11 is 0. The van der Waals surface area contributed by atoms with E-state index in [-0.39, 0.29) is 0 Å². The SMILES string of the molecule is C/C=C\C(=C/N(C)Cc1ccccn1)COCC. The molecule has 1 heterocycles. The standard InChI is InChI=1S/C15H22N2O/c1-4-8-14(13-18-5-2)11-17(3)12-15-9-6-7-10-16-15/h4,6-11H,5,12-13H2,1-3H3/b8-4-,14-11+. The maximum atomic E-state index is 5.44. The van der Waals surface area contributed by atoms with Crippen molar-refractivity contribution >= 4 is 0 Å². The Hall–Kier alpha value is -1.61.